The number of hydrogen-bond donors (Lipinski definition) is 1. The van der Waals surface area contributed by atoms with E-state index >= 15 is 0 Å². The van der Waals surface area contributed by atoms with Gasteiger partial charge in [-0.3, -0.25) is 0 Å². The molecule has 1 aromatic rings. The summed E-state index contributed by atoms with van der Waals surface area (Å²) in [6, 6.07) is 7.30. The first-order valence-corrected chi connectivity index (χ1v) is 6.33. The summed E-state index contributed by atoms with van der Waals surface area (Å²) in [4.78, 5) is 10.5. The SMILES string of the molecule is CCCOc1ccc(OCCO[C@H](C)C(=O)O)cc1. The van der Waals surface area contributed by atoms with E-state index in [9.17, 15) is 4.79 Å². The van der Waals surface area contributed by atoms with Gasteiger partial charge in [-0.15, -0.1) is 0 Å². The van der Waals surface area contributed by atoms with Crippen LogP contribution in [0.4, 0.5) is 0 Å². The maximum absolute atomic E-state index is 10.5. The standard InChI is InChI=1S/C14H20O5/c1-3-8-18-12-4-6-13(7-5-12)19-10-9-17-11(2)14(15)16/h4-7,11H,3,8-10H2,1-2H3,(H,15,16)/t11-/m1/s1. The maximum atomic E-state index is 10.5. The zero-order chi connectivity index (χ0) is 14.1. The summed E-state index contributed by atoms with van der Waals surface area (Å²) in [6.07, 6.45) is 0.158. The van der Waals surface area contributed by atoms with Crippen molar-refractivity contribution in [2.75, 3.05) is 19.8 Å². The van der Waals surface area contributed by atoms with Crippen LogP contribution in [0.3, 0.4) is 0 Å². The second-order valence-corrected chi connectivity index (χ2v) is 4.02. The van der Waals surface area contributed by atoms with Crippen molar-refractivity contribution in [3.05, 3.63) is 24.3 Å². The molecular formula is C14H20O5. The topological polar surface area (TPSA) is 65.0 Å². The molecule has 0 saturated carbocycles. The van der Waals surface area contributed by atoms with Crippen LogP contribution >= 0.6 is 0 Å². The van der Waals surface area contributed by atoms with Crippen LogP contribution in [0.15, 0.2) is 24.3 Å². The Morgan fingerprint density at radius 2 is 1.63 bits per heavy atom. The molecule has 0 aliphatic carbocycles. The lowest BCUT2D eigenvalue weighted by Crippen LogP contribution is -2.22. The number of ether oxygens (including phenoxy) is 3. The lowest BCUT2D eigenvalue weighted by molar-refractivity contribution is -0.149. The molecular weight excluding hydrogens is 248 g/mol. The van der Waals surface area contributed by atoms with Gasteiger partial charge in [-0.25, -0.2) is 4.79 Å². The Balaban J connectivity index is 2.24. The number of carbonyl (C=O) groups is 1. The van der Waals surface area contributed by atoms with Crippen molar-refractivity contribution in [2.45, 2.75) is 26.4 Å². The molecule has 0 radical (unpaired) electrons. The van der Waals surface area contributed by atoms with Crippen LogP contribution in [0, 0.1) is 0 Å². The smallest absolute Gasteiger partial charge is 0.332 e. The molecule has 106 valence electrons. The summed E-state index contributed by atoms with van der Waals surface area (Å²) < 4.78 is 15.9. The van der Waals surface area contributed by atoms with Gasteiger partial charge >= 0.3 is 5.97 Å². The minimum Gasteiger partial charge on any atom is -0.494 e. The van der Waals surface area contributed by atoms with Crippen molar-refractivity contribution < 1.29 is 24.1 Å². The summed E-state index contributed by atoms with van der Waals surface area (Å²) in [6.45, 7) is 4.78. The molecule has 1 aromatic carbocycles. The van der Waals surface area contributed by atoms with Crippen LogP contribution in [-0.4, -0.2) is 37.0 Å². The van der Waals surface area contributed by atoms with Gasteiger partial charge in [0.1, 0.15) is 18.1 Å². The first kappa shape index (κ1) is 15.3. The third kappa shape index (κ3) is 6.10. The highest BCUT2D eigenvalue weighted by Gasteiger charge is 2.10. The number of benzene rings is 1. The van der Waals surface area contributed by atoms with Crippen LogP contribution in [0.1, 0.15) is 20.3 Å². The molecule has 0 saturated heterocycles. The Labute approximate surface area is 113 Å². The number of carboxylic acid groups (broad SMARTS) is 1. The maximum Gasteiger partial charge on any atom is 0.332 e. The van der Waals surface area contributed by atoms with Gasteiger partial charge in [0.05, 0.1) is 13.2 Å². The van der Waals surface area contributed by atoms with Crippen molar-refractivity contribution in [2.24, 2.45) is 0 Å². The summed E-state index contributed by atoms with van der Waals surface area (Å²) in [5.74, 6) is 0.540. The van der Waals surface area contributed by atoms with Gasteiger partial charge in [0.25, 0.3) is 0 Å². The summed E-state index contributed by atoms with van der Waals surface area (Å²) in [7, 11) is 0. The Morgan fingerprint density at radius 3 is 2.11 bits per heavy atom. The Morgan fingerprint density at radius 1 is 1.11 bits per heavy atom. The third-order valence-corrected chi connectivity index (χ3v) is 2.36. The minimum atomic E-state index is -0.975. The Kier molecular flexibility index (Phi) is 6.74. The summed E-state index contributed by atoms with van der Waals surface area (Å²) in [5, 5.41) is 8.62. The molecule has 0 amide bonds. The van der Waals surface area contributed by atoms with Gasteiger partial charge in [-0.05, 0) is 37.6 Å². The first-order valence-electron chi connectivity index (χ1n) is 6.33. The molecule has 0 spiro atoms. The molecule has 1 N–H and O–H groups in total. The monoisotopic (exact) mass is 268 g/mol. The highest BCUT2D eigenvalue weighted by atomic mass is 16.5. The summed E-state index contributed by atoms with van der Waals surface area (Å²) in [5.41, 5.74) is 0. The second-order valence-electron chi connectivity index (χ2n) is 4.02. The highest BCUT2D eigenvalue weighted by Crippen LogP contribution is 2.17. The minimum absolute atomic E-state index is 0.238. The van der Waals surface area contributed by atoms with E-state index in [1.807, 2.05) is 24.3 Å². The van der Waals surface area contributed by atoms with Crippen LogP contribution in [-0.2, 0) is 9.53 Å². The number of carboxylic acids is 1. The zero-order valence-corrected chi connectivity index (χ0v) is 11.3. The third-order valence-electron chi connectivity index (χ3n) is 2.36. The lowest BCUT2D eigenvalue weighted by atomic mass is 10.3. The molecule has 0 bridgehead atoms. The number of aliphatic carboxylic acids is 1. The van der Waals surface area contributed by atoms with E-state index in [-0.39, 0.29) is 6.61 Å². The van der Waals surface area contributed by atoms with E-state index in [1.165, 1.54) is 6.92 Å². The van der Waals surface area contributed by atoms with E-state index in [2.05, 4.69) is 6.92 Å². The molecule has 0 heterocycles. The number of hydrogen-bond acceptors (Lipinski definition) is 4. The van der Waals surface area contributed by atoms with Crippen molar-refractivity contribution in [1.29, 1.82) is 0 Å². The fourth-order valence-electron chi connectivity index (χ4n) is 1.31. The second kappa shape index (κ2) is 8.37. The molecule has 5 nitrogen and oxygen atoms in total. The van der Waals surface area contributed by atoms with Crippen molar-refractivity contribution >= 4 is 5.97 Å². The quantitative estimate of drug-likeness (QED) is 0.696. The molecule has 1 atom stereocenters. The number of rotatable bonds is 9. The Bertz CT molecular complexity index is 374. The van der Waals surface area contributed by atoms with Gasteiger partial charge in [0.15, 0.2) is 6.10 Å². The predicted octanol–water partition coefficient (Wildman–Crippen LogP) is 2.34. The molecule has 1 rings (SSSR count). The molecule has 0 aliphatic rings. The van der Waals surface area contributed by atoms with Crippen LogP contribution < -0.4 is 9.47 Å². The van der Waals surface area contributed by atoms with Crippen molar-refractivity contribution in [3.63, 3.8) is 0 Å². The van der Waals surface area contributed by atoms with Gasteiger partial charge in [-0.2, -0.15) is 0 Å². The predicted molar refractivity (Wildman–Crippen MR) is 70.8 cm³/mol. The van der Waals surface area contributed by atoms with E-state index < -0.39 is 12.1 Å². The van der Waals surface area contributed by atoms with Crippen molar-refractivity contribution in [1.82, 2.24) is 0 Å². The largest absolute Gasteiger partial charge is 0.494 e. The average molecular weight is 268 g/mol. The van der Waals surface area contributed by atoms with Crippen LogP contribution in [0.2, 0.25) is 0 Å². The van der Waals surface area contributed by atoms with Gasteiger partial charge in [0, 0.05) is 0 Å². The lowest BCUT2D eigenvalue weighted by Gasteiger charge is -2.10. The molecule has 19 heavy (non-hydrogen) atoms. The molecule has 0 unspecified atom stereocenters. The Hall–Kier alpha value is -1.75. The van der Waals surface area contributed by atoms with Crippen LogP contribution in [0.25, 0.3) is 0 Å². The van der Waals surface area contributed by atoms with Crippen molar-refractivity contribution in [3.8, 4) is 11.5 Å². The molecule has 0 aliphatic heterocycles. The van der Waals surface area contributed by atoms with Gasteiger partial charge in [-0.1, -0.05) is 6.92 Å². The fraction of sp³-hybridized carbons (Fsp3) is 0.500. The highest BCUT2D eigenvalue weighted by molar-refractivity contribution is 5.71. The van der Waals surface area contributed by atoms with E-state index in [0.29, 0.717) is 19.0 Å². The van der Waals surface area contributed by atoms with E-state index in [1.54, 1.807) is 0 Å². The average Bonchev–Trinajstić information content (AvgIpc) is 2.42. The molecule has 0 fully saturated rings. The van der Waals surface area contributed by atoms with E-state index in [0.717, 1.165) is 12.2 Å². The van der Waals surface area contributed by atoms with Crippen LogP contribution in [0.5, 0.6) is 11.5 Å². The molecule has 5 heteroatoms. The summed E-state index contributed by atoms with van der Waals surface area (Å²) >= 11 is 0. The van der Waals surface area contributed by atoms with Gasteiger partial charge < -0.3 is 19.3 Å². The molecule has 0 aromatic heterocycles. The first-order chi connectivity index (χ1) is 9.13. The zero-order valence-electron chi connectivity index (χ0n) is 11.3. The van der Waals surface area contributed by atoms with E-state index in [4.69, 9.17) is 19.3 Å². The van der Waals surface area contributed by atoms with Gasteiger partial charge in [0.2, 0.25) is 0 Å². The normalized spacial score (nSPS) is 11.9. The fourth-order valence-corrected chi connectivity index (χ4v) is 1.31.